The van der Waals surface area contributed by atoms with Gasteiger partial charge in [-0.3, -0.25) is 9.59 Å². The number of benzene rings is 2. The molecule has 0 aliphatic rings. The molecular weight excluding hydrogens is 328 g/mol. The molecule has 0 saturated heterocycles. The molecule has 2 rings (SSSR count). The first-order valence-electron chi connectivity index (χ1n) is 8.27. The Morgan fingerprint density at radius 3 is 2.35 bits per heavy atom. The van der Waals surface area contributed by atoms with Gasteiger partial charge in [0.1, 0.15) is 0 Å². The van der Waals surface area contributed by atoms with Crippen LogP contribution in [-0.4, -0.2) is 24.9 Å². The van der Waals surface area contributed by atoms with Crippen molar-refractivity contribution in [2.45, 2.75) is 20.8 Å². The van der Waals surface area contributed by atoms with Crippen molar-refractivity contribution in [2.24, 2.45) is 0 Å². The Bertz CT molecular complexity index is 845. The van der Waals surface area contributed by atoms with Gasteiger partial charge in [0.05, 0.1) is 24.7 Å². The number of carbonyl (C=O) groups excluding carboxylic acids is 2. The molecule has 6 heteroatoms. The summed E-state index contributed by atoms with van der Waals surface area (Å²) >= 11 is 0. The molecule has 0 radical (unpaired) electrons. The number of carbonyl (C=O) groups is 2. The monoisotopic (exact) mass is 350 g/mol. The number of nitrogens with one attached hydrogen (secondary N) is 3. The van der Waals surface area contributed by atoms with Crippen molar-refractivity contribution < 1.29 is 9.59 Å². The molecule has 0 unspecified atom stereocenters. The van der Waals surface area contributed by atoms with Crippen LogP contribution < -0.4 is 16.0 Å². The lowest BCUT2D eigenvalue weighted by molar-refractivity contribution is -0.122. The molecule has 2 aromatic carbocycles. The molecule has 26 heavy (non-hydrogen) atoms. The predicted octanol–water partition coefficient (Wildman–Crippen LogP) is 2.65. The summed E-state index contributed by atoms with van der Waals surface area (Å²) in [5.41, 5.74) is 5.08. The number of hydrogen-bond acceptors (Lipinski definition) is 4. The number of nitrogens with zero attached hydrogens (tertiary/aromatic N) is 1. The SMILES string of the molecule is Cc1cc(C)c(NC(=O)CNC(=O)CNc2cccc(C#N)c2)c(C)c1. The zero-order chi connectivity index (χ0) is 19.1. The van der Waals surface area contributed by atoms with Crippen LogP contribution in [0.4, 0.5) is 11.4 Å². The van der Waals surface area contributed by atoms with E-state index in [1.807, 2.05) is 39.0 Å². The van der Waals surface area contributed by atoms with Gasteiger partial charge in [-0.1, -0.05) is 23.8 Å². The maximum Gasteiger partial charge on any atom is 0.243 e. The number of anilines is 2. The van der Waals surface area contributed by atoms with Gasteiger partial charge < -0.3 is 16.0 Å². The highest BCUT2D eigenvalue weighted by atomic mass is 16.2. The second-order valence-electron chi connectivity index (χ2n) is 6.14. The topological polar surface area (TPSA) is 94.0 Å². The van der Waals surface area contributed by atoms with E-state index in [0.29, 0.717) is 11.3 Å². The van der Waals surface area contributed by atoms with Crippen LogP contribution in [0.3, 0.4) is 0 Å². The normalized spacial score (nSPS) is 9.92. The van der Waals surface area contributed by atoms with Gasteiger partial charge in [-0.05, 0) is 50.1 Å². The molecule has 0 fully saturated rings. The van der Waals surface area contributed by atoms with Crippen molar-refractivity contribution >= 4 is 23.2 Å². The van der Waals surface area contributed by atoms with Crippen molar-refractivity contribution in [2.75, 3.05) is 23.7 Å². The van der Waals surface area contributed by atoms with Crippen LogP contribution >= 0.6 is 0 Å². The summed E-state index contributed by atoms with van der Waals surface area (Å²) in [6.07, 6.45) is 0. The lowest BCUT2D eigenvalue weighted by Gasteiger charge is -2.13. The molecule has 0 saturated carbocycles. The molecular formula is C20H22N4O2. The van der Waals surface area contributed by atoms with E-state index < -0.39 is 0 Å². The quantitative estimate of drug-likeness (QED) is 0.746. The summed E-state index contributed by atoms with van der Waals surface area (Å²) in [5.74, 6) is -0.584. The standard InChI is InChI=1S/C20H22N4O2/c1-13-7-14(2)20(15(3)8-13)24-19(26)12-23-18(25)11-22-17-6-4-5-16(9-17)10-21/h4-9,22H,11-12H2,1-3H3,(H,23,25)(H,24,26). The average molecular weight is 350 g/mol. The summed E-state index contributed by atoms with van der Waals surface area (Å²) in [6, 6.07) is 12.9. The predicted molar refractivity (Wildman–Crippen MR) is 102 cm³/mol. The van der Waals surface area contributed by atoms with E-state index in [1.165, 1.54) is 0 Å². The van der Waals surface area contributed by atoms with Crippen LogP contribution in [0.5, 0.6) is 0 Å². The highest BCUT2D eigenvalue weighted by molar-refractivity contribution is 5.96. The van der Waals surface area contributed by atoms with Crippen LogP contribution in [-0.2, 0) is 9.59 Å². The largest absolute Gasteiger partial charge is 0.376 e. The van der Waals surface area contributed by atoms with Crippen LogP contribution in [0.2, 0.25) is 0 Å². The van der Waals surface area contributed by atoms with Crippen LogP contribution in [0.1, 0.15) is 22.3 Å². The molecule has 0 atom stereocenters. The number of nitriles is 1. The van der Waals surface area contributed by atoms with Gasteiger partial charge in [0, 0.05) is 11.4 Å². The molecule has 0 aromatic heterocycles. The zero-order valence-corrected chi connectivity index (χ0v) is 15.1. The molecule has 2 amide bonds. The second kappa shape index (κ2) is 8.67. The molecule has 0 aliphatic heterocycles. The Kier molecular flexibility index (Phi) is 6.34. The molecule has 3 N–H and O–H groups in total. The van der Waals surface area contributed by atoms with Gasteiger partial charge in [-0.2, -0.15) is 5.26 Å². The fourth-order valence-corrected chi connectivity index (χ4v) is 2.68. The molecule has 0 heterocycles. The van der Waals surface area contributed by atoms with Gasteiger partial charge in [0.2, 0.25) is 11.8 Å². The highest BCUT2D eigenvalue weighted by Gasteiger charge is 2.10. The Hall–Kier alpha value is -3.33. The first-order chi connectivity index (χ1) is 12.4. The van der Waals surface area contributed by atoms with Crippen LogP contribution in [0.15, 0.2) is 36.4 Å². The smallest absolute Gasteiger partial charge is 0.243 e. The number of aryl methyl sites for hydroxylation is 3. The molecule has 0 aliphatic carbocycles. The number of rotatable bonds is 6. The lowest BCUT2D eigenvalue weighted by Crippen LogP contribution is -2.36. The first kappa shape index (κ1) is 19.0. The van der Waals surface area contributed by atoms with Crippen molar-refractivity contribution in [1.29, 1.82) is 5.26 Å². The van der Waals surface area contributed by atoms with Crippen LogP contribution in [0.25, 0.3) is 0 Å². The Morgan fingerprint density at radius 1 is 1.00 bits per heavy atom. The molecule has 2 aromatic rings. The minimum atomic E-state index is -0.306. The average Bonchev–Trinajstić information content (AvgIpc) is 2.61. The van der Waals surface area contributed by atoms with E-state index in [9.17, 15) is 9.59 Å². The van der Waals surface area contributed by atoms with Crippen molar-refractivity contribution in [3.8, 4) is 6.07 Å². The lowest BCUT2D eigenvalue weighted by atomic mass is 10.1. The van der Waals surface area contributed by atoms with E-state index in [1.54, 1.807) is 24.3 Å². The summed E-state index contributed by atoms with van der Waals surface area (Å²) < 4.78 is 0. The van der Waals surface area contributed by atoms with E-state index in [0.717, 1.165) is 22.4 Å². The minimum absolute atomic E-state index is 0.0186. The third-order valence-corrected chi connectivity index (χ3v) is 3.83. The second-order valence-corrected chi connectivity index (χ2v) is 6.14. The fraction of sp³-hybridized carbons (Fsp3) is 0.250. The zero-order valence-electron chi connectivity index (χ0n) is 15.1. The van der Waals surface area contributed by atoms with Gasteiger partial charge >= 0.3 is 0 Å². The summed E-state index contributed by atoms with van der Waals surface area (Å²) in [6.45, 7) is 5.79. The Balaban J connectivity index is 1.82. The summed E-state index contributed by atoms with van der Waals surface area (Å²) in [5, 5.41) is 17.2. The van der Waals surface area contributed by atoms with Crippen molar-refractivity contribution in [3.63, 3.8) is 0 Å². The molecule has 134 valence electrons. The maximum atomic E-state index is 12.1. The fourth-order valence-electron chi connectivity index (χ4n) is 2.68. The van der Waals surface area contributed by atoms with Gasteiger partial charge in [0.25, 0.3) is 0 Å². The summed E-state index contributed by atoms with van der Waals surface area (Å²) in [7, 11) is 0. The highest BCUT2D eigenvalue weighted by Crippen LogP contribution is 2.21. The van der Waals surface area contributed by atoms with E-state index in [2.05, 4.69) is 16.0 Å². The third kappa shape index (κ3) is 5.35. The Morgan fingerprint density at radius 2 is 1.69 bits per heavy atom. The molecule has 6 nitrogen and oxygen atoms in total. The van der Waals surface area contributed by atoms with E-state index in [4.69, 9.17) is 5.26 Å². The first-order valence-corrected chi connectivity index (χ1v) is 8.27. The Labute approximate surface area is 153 Å². The maximum absolute atomic E-state index is 12.1. The number of hydrogen-bond donors (Lipinski definition) is 3. The molecule has 0 bridgehead atoms. The van der Waals surface area contributed by atoms with Crippen molar-refractivity contribution in [1.82, 2.24) is 5.32 Å². The summed E-state index contributed by atoms with van der Waals surface area (Å²) in [4.78, 5) is 24.0. The third-order valence-electron chi connectivity index (χ3n) is 3.83. The van der Waals surface area contributed by atoms with E-state index in [-0.39, 0.29) is 24.9 Å². The van der Waals surface area contributed by atoms with Gasteiger partial charge in [0.15, 0.2) is 0 Å². The molecule has 0 spiro atoms. The van der Waals surface area contributed by atoms with E-state index >= 15 is 0 Å². The van der Waals surface area contributed by atoms with Crippen LogP contribution in [0, 0.1) is 32.1 Å². The van der Waals surface area contributed by atoms with Gasteiger partial charge in [-0.25, -0.2) is 0 Å². The van der Waals surface area contributed by atoms with Crippen molar-refractivity contribution in [3.05, 3.63) is 58.7 Å². The number of amides is 2. The van der Waals surface area contributed by atoms with Gasteiger partial charge in [-0.15, -0.1) is 0 Å². The minimum Gasteiger partial charge on any atom is -0.376 e.